The number of fused-ring (bicyclic) bond motifs is 2. The molecular weight excluding hydrogens is 424 g/mol. The van der Waals surface area contributed by atoms with Crippen molar-refractivity contribution in [2.45, 2.75) is 58.3 Å². The number of aryl methyl sites for hydroxylation is 3. The van der Waals surface area contributed by atoms with Gasteiger partial charge in [0.25, 0.3) is 5.92 Å². The molecule has 0 saturated heterocycles. The second kappa shape index (κ2) is 8.01. The van der Waals surface area contributed by atoms with Crippen LogP contribution in [0.15, 0.2) is 66.9 Å². The smallest absolute Gasteiger partial charge is 0.207 e. The maximum atomic E-state index is 14.1. The van der Waals surface area contributed by atoms with Crippen molar-refractivity contribution in [1.29, 1.82) is 0 Å². The van der Waals surface area contributed by atoms with Gasteiger partial charge in [-0.25, -0.2) is 13.3 Å². The Balaban J connectivity index is 1.67. The van der Waals surface area contributed by atoms with Gasteiger partial charge in [-0.15, -0.1) is 0 Å². The molecule has 0 fully saturated rings. The summed E-state index contributed by atoms with van der Waals surface area (Å²) in [4.78, 5) is 0. The van der Waals surface area contributed by atoms with Gasteiger partial charge in [0.2, 0.25) is 5.69 Å². The zero-order valence-corrected chi connectivity index (χ0v) is 20.7. The molecule has 3 aromatic carbocycles. The van der Waals surface area contributed by atoms with Gasteiger partial charge in [-0.2, -0.15) is 0 Å². The summed E-state index contributed by atoms with van der Waals surface area (Å²) in [5, 5.41) is 2.57. The molecule has 3 heteroatoms. The van der Waals surface area contributed by atoms with Crippen LogP contribution in [0.3, 0.4) is 0 Å². The fraction of sp³-hybridized carbons (Fsp3) is 0.323. The van der Waals surface area contributed by atoms with E-state index in [4.69, 9.17) is 0 Å². The van der Waals surface area contributed by atoms with Crippen LogP contribution in [0.2, 0.25) is 0 Å². The predicted octanol–water partition coefficient (Wildman–Crippen LogP) is 7.73. The van der Waals surface area contributed by atoms with Gasteiger partial charge in [0, 0.05) is 30.5 Å². The maximum absolute atomic E-state index is 14.1. The summed E-state index contributed by atoms with van der Waals surface area (Å²) in [6.45, 7) is 8.96. The molecule has 0 bridgehead atoms. The minimum atomic E-state index is -2.61. The largest absolute Gasteiger partial charge is 0.252 e. The van der Waals surface area contributed by atoms with Gasteiger partial charge in [-0.3, -0.25) is 0 Å². The van der Waals surface area contributed by atoms with E-state index in [1.54, 1.807) is 0 Å². The summed E-state index contributed by atoms with van der Waals surface area (Å²) in [5.74, 6) is -2.61. The summed E-state index contributed by atoms with van der Waals surface area (Å²) in [5.41, 5.74) is 8.78. The fourth-order valence-electron chi connectivity index (χ4n) is 5.32. The van der Waals surface area contributed by atoms with Crippen molar-refractivity contribution in [2.75, 3.05) is 0 Å². The van der Waals surface area contributed by atoms with Crippen molar-refractivity contribution in [2.24, 2.45) is 7.05 Å². The molecular formula is C31H32F2N+. The first-order valence-electron chi connectivity index (χ1n) is 12.1. The molecule has 5 rings (SSSR count). The molecule has 1 heterocycles. The van der Waals surface area contributed by atoms with E-state index in [0.717, 1.165) is 27.9 Å². The fourth-order valence-corrected chi connectivity index (χ4v) is 5.32. The first kappa shape index (κ1) is 22.7. The minimum Gasteiger partial charge on any atom is -0.207 e. The van der Waals surface area contributed by atoms with E-state index in [1.807, 2.05) is 12.1 Å². The van der Waals surface area contributed by atoms with Crippen LogP contribution in [0.25, 0.3) is 33.2 Å². The first-order chi connectivity index (χ1) is 16.0. The third-order valence-corrected chi connectivity index (χ3v) is 7.30. The van der Waals surface area contributed by atoms with E-state index >= 15 is 0 Å². The van der Waals surface area contributed by atoms with E-state index in [-0.39, 0.29) is 18.3 Å². The van der Waals surface area contributed by atoms with E-state index in [2.05, 4.69) is 94.0 Å². The highest BCUT2D eigenvalue weighted by Crippen LogP contribution is 2.39. The predicted molar refractivity (Wildman–Crippen MR) is 136 cm³/mol. The van der Waals surface area contributed by atoms with Crippen LogP contribution in [0.4, 0.5) is 8.78 Å². The van der Waals surface area contributed by atoms with Crippen molar-refractivity contribution < 1.29 is 13.3 Å². The number of aromatic nitrogens is 1. The number of hydrogen-bond acceptors (Lipinski definition) is 0. The molecule has 174 valence electrons. The number of alkyl halides is 2. The lowest BCUT2D eigenvalue weighted by Crippen LogP contribution is -2.30. The van der Waals surface area contributed by atoms with E-state index in [9.17, 15) is 8.78 Å². The Morgan fingerprint density at radius 3 is 2.29 bits per heavy atom. The quantitative estimate of drug-likeness (QED) is 0.272. The monoisotopic (exact) mass is 456 g/mol. The molecule has 0 saturated carbocycles. The summed E-state index contributed by atoms with van der Waals surface area (Å²) >= 11 is 0. The average Bonchev–Trinajstić information content (AvgIpc) is 2.78. The van der Waals surface area contributed by atoms with Gasteiger partial charge in [0.05, 0.1) is 0 Å². The highest BCUT2D eigenvalue weighted by Gasteiger charge is 2.34. The van der Waals surface area contributed by atoms with Crippen molar-refractivity contribution in [3.8, 4) is 22.4 Å². The van der Waals surface area contributed by atoms with Crippen LogP contribution in [0, 0.1) is 6.92 Å². The van der Waals surface area contributed by atoms with Crippen LogP contribution in [-0.2, 0) is 25.3 Å². The molecule has 1 aliphatic rings. The van der Waals surface area contributed by atoms with Gasteiger partial charge in [0.15, 0.2) is 6.20 Å². The summed E-state index contributed by atoms with van der Waals surface area (Å²) in [7, 11) is 2.07. The first-order valence-corrected chi connectivity index (χ1v) is 12.1. The van der Waals surface area contributed by atoms with Crippen LogP contribution in [0.5, 0.6) is 0 Å². The topological polar surface area (TPSA) is 3.88 Å². The molecule has 1 nitrogen and oxygen atoms in total. The van der Waals surface area contributed by atoms with E-state index in [1.165, 1.54) is 27.5 Å². The SMILES string of the molecule is Cc1c(-c2cc(-c3ccc4c(c3)CC(F)(F)CC4)cc[n+]2C)cc(C(C)(C)C)c2ccccc12. The van der Waals surface area contributed by atoms with Crippen LogP contribution >= 0.6 is 0 Å². The molecule has 0 atom stereocenters. The van der Waals surface area contributed by atoms with Crippen molar-refractivity contribution >= 4 is 10.8 Å². The second-order valence-corrected chi connectivity index (χ2v) is 10.8. The van der Waals surface area contributed by atoms with Gasteiger partial charge in [-0.05, 0) is 69.0 Å². The zero-order chi connectivity index (χ0) is 24.3. The highest BCUT2D eigenvalue weighted by atomic mass is 19.3. The molecule has 0 amide bonds. The van der Waals surface area contributed by atoms with Gasteiger partial charge in [0.1, 0.15) is 7.05 Å². The Labute approximate surface area is 201 Å². The summed E-state index contributed by atoms with van der Waals surface area (Å²) in [6.07, 6.45) is 2.30. The molecule has 0 N–H and O–H groups in total. The Morgan fingerprint density at radius 2 is 1.56 bits per heavy atom. The van der Waals surface area contributed by atoms with Gasteiger partial charge >= 0.3 is 0 Å². The number of pyridine rings is 1. The Hall–Kier alpha value is -3.07. The molecule has 1 aliphatic carbocycles. The molecule has 1 aromatic heterocycles. The molecule has 0 radical (unpaired) electrons. The average molecular weight is 457 g/mol. The van der Waals surface area contributed by atoms with Gasteiger partial charge < -0.3 is 0 Å². The Morgan fingerprint density at radius 1 is 0.853 bits per heavy atom. The highest BCUT2D eigenvalue weighted by molar-refractivity contribution is 5.94. The Bertz CT molecular complexity index is 1410. The lowest BCUT2D eigenvalue weighted by Gasteiger charge is -2.25. The summed E-state index contributed by atoms with van der Waals surface area (Å²) in [6, 6.07) is 21.3. The molecule has 0 spiro atoms. The third kappa shape index (κ3) is 4.02. The van der Waals surface area contributed by atoms with Crippen molar-refractivity contribution in [1.82, 2.24) is 0 Å². The zero-order valence-electron chi connectivity index (χ0n) is 20.7. The number of halogens is 2. The molecule has 0 unspecified atom stereocenters. The van der Waals surface area contributed by atoms with Crippen LogP contribution < -0.4 is 4.57 Å². The van der Waals surface area contributed by atoms with E-state index < -0.39 is 5.92 Å². The lowest BCUT2D eigenvalue weighted by molar-refractivity contribution is -0.660. The van der Waals surface area contributed by atoms with Crippen LogP contribution in [0.1, 0.15) is 49.4 Å². The van der Waals surface area contributed by atoms with Crippen molar-refractivity contribution in [3.63, 3.8) is 0 Å². The van der Waals surface area contributed by atoms with Gasteiger partial charge in [-0.1, -0.05) is 63.2 Å². The maximum Gasteiger partial charge on any atom is 0.252 e. The number of nitrogens with zero attached hydrogens (tertiary/aromatic N) is 1. The minimum absolute atomic E-state index is 0.00194. The summed E-state index contributed by atoms with van der Waals surface area (Å²) < 4.78 is 30.3. The van der Waals surface area contributed by atoms with Crippen molar-refractivity contribution in [3.05, 3.63) is 89.1 Å². The number of benzene rings is 3. The molecule has 0 aliphatic heterocycles. The normalized spacial score (nSPS) is 15.4. The standard InChI is InChI=1S/C31H32F2N/c1-20-25-8-6-7-9-26(25)28(30(2,3)4)18-27(20)29-17-23(13-15-34(29)5)22-11-10-21-12-14-31(32,33)19-24(21)16-22/h6-11,13,15-18H,12,14,19H2,1-5H3/q+1. The molecule has 34 heavy (non-hydrogen) atoms. The third-order valence-electron chi connectivity index (χ3n) is 7.30. The number of hydrogen-bond donors (Lipinski definition) is 0. The second-order valence-electron chi connectivity index (χ2n) is 10.8. The van der Waals surface area contributed by atoms with Crippen LogP contribution in [-0.4, -0.2) is 5.92 Å². The Kier molecular flexibility index (Phi) is 5.35. The lowest BCUT2D eigenvalue weighted by atomic mass is 9.80. The molecule has 4 aromatic rings. The number of rotatable bonds is 2. The van der Waals surface area contributed by atoms with E-state index in [0.29, 0.717) is 6.42 Å².